The van der Waals surface area contributed by atoms with E-state index in [1.165, 1.54) is 0 Å². The summed E-state index contributed by atoms with van der Waals surface area (Å²) >= 11 is 0.932. The van der Waals surface area contributed by atoms with E-state index in [-0.39, 0.29) is 11.9 Å². The third-order valence-corrected chi connectivity index (χ3v) is 4.42. The third kappa shape index (κ3) is 4.16. The Bertz CT molecular complexity index is 483. The summed E-state index contributed by atoms with van der Waals surface area (Å²) in [5.74, 6) is -0.162. The number of hydrogen-bond donors (Lipinski definition) is 2. The zero-order chi connectivity index (χ0) is 15.5. The molecule has 118 valence electrons. The lowest BCUT2D eigenvalue weighted by atomic mass is 10.0. The van der Waals surface area contributed by atoms with Gasteiger partial charge >= 0.3 is 6.18 Å². The predicted molar refractivity (Wildman–Crippen MR) is 73.9 cm³/mol. The lowest BCUT2D eigenvalue weighted by Crippen LogP contribution is -2.47. The number of rotatable bonds is 4. The summed E-state index contributed by atoms with van der Waals surface area (Å²) in [5.41, 5.74) is -0.897. The van der Waals surface area contributed by atoms with Crippen LogP contribution in [-0.4, -0.2) is 23.5 Å². The van der Waals surface area contributed by atoms with Gasteiger partial charge in [0.1, 0.15) is 5.01 Å². The molecule has 1 saturated heterocycles. The summed E-state index contributed by atoms with van der Waals surface area (Å²) in [5, 5.41) is 7.21. The van der Waals surface area contributed by atoms with E-state index in [1.807, 2.05) is 6.92 Å². The number of nitrogens with zero attached hydrogens (tertiary/aromatic N) is 1. The molecule has 1 aromatic rings. The van der Waals surface area contributed by atoms with Gasteiger partial charge in [-0.05, 0) is 25.8 Å². The van der Waals surface area contributed by atoms with Crippen LogP contribution in [0, 0.1) is 0 Å². The maximum absolute atomic E-state index is 12.6. The van der Waals surface area contributed by atoms with E-state index < -0.39 is 17.9 Å². The van der Waals surface area contributed by atoms with Gasteiger partial charge in [0.25, 0.3) is 0 Å². The Morgan fingerprint density at radius 2 is 2.33 bits per heavy atom. The van der Waals surface area contributed by atoms with E-state index in [2.05, 4.69) is 15.6 Å². The zero-order valence-corrected chi connectivity index (χ0v) is 12.5. The van der Waals surface area contributed by atoms with Crippen molar-refractivity contribution >= 4 is 17.2 Å². The molecule has 0 radical (unpaired) electrons. The molecular weight excluding hydrogens is 303 g/mol. The van der Waals surface area contributed by atoms with Crippen LogP contribution in [0.2, 0.25) is 0 Å². The number of piperidine rings is 1. The van der Waals surface area contributed by atoms with E-state index in [9.17, 15) is 18.0 Å². The molecule has 21 heavy (non-hydrogen) atoms. The standard InChI is InChI=1S/C13H18F3N3OS/c1-2-8(12-19-10(7-21-12)13(14,15)16)18-11(20)9-5-3-4-6-17-9/h7-9,17H,2-6H2,1H3,(H,18,20). The molecule has 1 aliphatic heterocycles. The Morgan fingerprint density at radius 1 is 1.57 bits per heavy atom. The number of aromatic nitrogens is 1. The normalized spacial score (nSPS) is 21.0. The molecule has 2 rings (SSSR count). The highest BCUT2D eigenvalue weighted by Gasteiger charge is 2.34. The van der Waals surface area contributed by atoms with Gasteiger partial charge in [0, 0.05) is 5.38 Å². The van der Waals surface area contributed by atoms with Gasteiger partial charge in [-0.15, -0.1) is 11.3 Å². The van der Waals surface area contributed by atoms with Crippen molar-refractivity contribution in [3.8, 4) is 0 Å². The van der Waals surface area contributed by atoms with Crippen molar-refractivity contribution in [3.63, 3.8) is 0 Å². The van der Waals surface area contributed by atoms with Gasteiger partial charge < -0.3 is 10.6 Å². The summed E-state index contributed by atoms with van der Waals surface area (Å²) < 4.78 is 37.7. The number of halogens is 3. The molecule has 1 aliphatic rings. The first kappa shape index (κ1) is 16.2. The third-order valence-electron chi connectivity index (χ3n) is 3.46. The molecule has 1 fully saturated rings. The van der Waals surface area contributed by atoms with Gasteiger partial charge in [0.15, 0.2) is 5.69 Å². The van der Waals surface area contributed by atoms with Gasteiger partial charge in [-0.1, -0.05) is 13.3 Å². The molecule has 2 unspecified atom stereocenters. The van der Waals surface area contributed by atoms with Gasteiger partial charge in [0.05, 0.1) is 12.1 Å². The van der Waals surface area contributed by atoms with Crippen LogP contribution in [0.25, 0.3) is 0 Å². The van der Waals surface area contributed by atoms with Gasteiger partial charge in [-0.3, -0.25) is 4.79 Å². The first-order valence-electron chi connectivity index (χ1n) is 6.98. The molecule has 1 aromatic heterocycles. The SMILES string of the molecule is CCC(NC(=O)C1CCCCN1)c1nc(C(F)(F)F)cs1. The second-order valence-electron chi connectivity index (χ2n) is 5.04. The molecule has 0 saturated carbocycles. The van der Waals surface area contributed by atoms with Crippen LogP contribution < -0.4 is 10.6 Å². The lowest BCUT2D eigenvalue weighted by Gasteiger charge is -2.24. The second-order valence-corrected chi connectivity index (χ2v) is 5.93. The quantitative estimate of drug-likeness (QED) is 0.896. The monoisotopic (exact) mass is 321 g/mol. The topological polar surface area (TPSA) is 54.0 Å². The van der Waals surface area contributed by atoms with E-state index in [0.717, 1.165) is 42.5 Å². The molecule has 0 aliphatic carbocycles. The Morgan fingerprint density at radius 3 is 2.86 bits per heavy atom. The number of nitrogens with one attached hydrogen (secondary N) is 2. The smallest absolute Gasteiger partial charge is 0.346 e. The number of thiazole rings is 1. The van der Waals surface area contributed by atoms with Gasteiger partial charge in [0.2, 0.25) is 5.91 Å². The summed E-state index contributed by atoms with van der Waals surface area (Å²) in [7, 11) is 0. The van der Waals surface area contributed by atoms with Crippen molar-refractivity contribution < 1.29 is 18.0 Å². The fourth-order valence-corrected chi connectivity index (χ4v) is 3.22. The zero-order valence-electron chi connectivity index (χ0n) is 11.7. The minimum atomic E-state index is -4.44. The van der Waals surface area contributed by atoms with Crippen LogP contribution in [0.15, 0.2) is 5.38 Å². The van der Waals surface area contributed by atoms with Crippen molar-refractivity contribution in [2.75, 3.05) is 6.54 Å². The fourth-order valence-electron chi connectivity index (χ4n) is 2.26. The molecule has 4 nitrogen and oxygen atoms in total. The molecule has 2 atom stereocenters. The second kappa shape index (κ2) is 6.74. The van der Waals surface area contributed by atoms with Crippen molar-refractivity contribution in [3.05, 3.63) is 16.1 Å². The number of alkyl halides is 3. The molecule has 0 aromatic carbocycles. The Kier molecular flexibility index (Phi) is 5.21. The van der Waals surface area contributed by atoms with Crippen LogP contribution in [0.1, 0.15) is 49.4 Å². The van der Waals surface area contributed by atoms with Gasteiger partial charge in [-0.25, -0.2) is 4.98 Å². The Labute approximate surface area is 125 Å². The minimum Gasteiger partial charge on any atom is -0.346 e. The van der Waals surface area contributed by atoms with Crippen molar-refractivity contribution in [1.82, 2.24) is 15.6 Å². The highest BCUT2D eigenvalue weighted by Crippen LogP contribution is 2.32. The van der Waals surface area contributed by atoms with Crippen LogP contribution in [-0.2, 0) is 11.0 Å². The Balaban J connectivity index is 2.02. The highest BCUT2D eigenvalue weighted by atomic mass is 32.1. The molecule has 0 bridgehead atoms. The average molecular weight is 321 g/mol. The largest absolute Gasteiger partial charge is 0.434 e. The van der Waals surface area contributed by atoms with Gasteiger partial charge in [-0.2, -0.15) is 13.2 Å². The highest BCUT2D eigenvalue weighted by molar-refractivity contribution is 7.09. The van der Waals surface area contributed by atoms with E-state index in [4.69, 9.17) is 0 Å². The van der Waals surface area contributed by atoms with E-state index in [1.54, 1.807) is 0 Å². The molecule has 8 heteroatoms. The molecular formula is C13H18F3N3OS. The first-order valence-corrected chi connectivity index (χ1v) is 7.86. The number of carbonyl (C=O) groups excluding carboxylic acids is 1. The summed E-state index contributed by atoms with van der Waals surface area (Å²) in [6.07, 6.45) is -1.15. The number of carbonyl (C=O) groups is 1. The first-order chi connectivity index (χ1) is 9.91. The number of hydrogen-bond acceptors (Lipinski definition) is 4. The van der Waals surface area contributed by atoms with Crippen molar-refractivity contribution in [2.45, 2.75) is 50.9 Å². The predicted octanol–water partition coefficient (Wildman–Crippen LogP) is 2.87. The Hall–Kier alpha value is -1.15. The fraction of sp³-hybridized carbons (Fsp3) is 0.692. The summed E-state index contributed by atoms with van der Waals surface area (Å²) in [6, 6.07) is -0.725. The lowest BCUT2D eigenvalue weighted by molar-refractivity contribution is -0.140. The van der Waals surface area contributed by atoms with Crippen LogP contribution in [0.4, 0.5) is 13.2 Å². The molecule has 1 amide bonds. The molecule has 0 spiro atoms. The summed E-state index contributed by atoms with van der Waals surface area (Å²) in [6.45, 7) is 2.61. The molecule has 2 N–H and O–H groups in total. The summed E-state index contributed by atoms with van der Waals surface area (Å²) in [4.78, 5) is 15.7. The molecule has 2 heterocycles. The average Bonchev–Trinajstić information content (AvgIpc) is 2.95. The van der Waals surface area contributed by atoms with E-state index >= 15 is 0 Å². The van der Waals surface area contributed by atoms with Crippen LogP contribution in [0.5, 0.6) is 0 Å². The minimum absolute atomic E-state index is 0.162. The number of amides is 1. The van der Waals surface area contributed by atoms with Crippen molar-refractivity contribution in [2.24, 2.45) is 0 Å². The van der Waals surface area contributed by atoms with Crippen LogP contribution in [0.3, 0.4) is 0 Å². The maximum atomic E-state index is 12.6. The van der Waals surface area contributed by atoms with E-state index in [0.29, 0.717) is 11.4 Å². The maximum Gasteiger partial charge on any atom is 0.434 e. The van der Waals surface area contributed by atoms with Crippen LogP contribution >= 0.6 is 11.3 Å². The van der Waals surface area contributed by atoms with Crippen molar-refractivity contribution in [1.29, 1.82) is 0 Å².